The minimum absolute atomic E-state index is 0.0560. The van der Waals surface area contributed by atoms with Crippen molar-refractivity contribution in [2.45, 2.75) is 26.1 Å². The van der Waals surface area contributed by atoms with Crippen molar-refractivity contribution in [1.29, 1.82) is 0 Å². The number of ether oxygens (including phenoxy) is 2. The number of halogens is 1. The lowest BCUT2D eigenvalue weighted by Crippen LogP contribution is -2.43. The van der Waals surface area contributed by atoms with Crippen LogP contribution in [0.1, 0.15) is 33.6 Å². The second-order valence-electron chi connectivity index (χ2n) is 9.77. The smallest absolute Gasteiger partial charge is 0.257 e. The molecule has 0 bridgehead atoms. The minimum atomic E-state index is -0.613. The third kappa shape index (κ3) is 8.28. The van der Waals surface area contributed by atoms with Gasteiger partial charge in [-0.1, -0.05) is 54.6 Å². The first-order valence-electron chi connectivity index (χ1n) is 13.6. The molecule has 0 saturated heterocycles. The second-order valence-corrected chi connectivity index (χ2v) is 9.77. The third-order valence-electron chi connectivity index (χ3n) is 6.83. The summed E-state index contributed by atoms with van der Waals surface area (Å²) in [5, 5.41) is 0. The molecule has 214 valence electrons. The zero-order chi connectivity index (χ0) is 29.0. The predicted octanol–water partition coefficient (Wildman–Crippen LogP) is 5.39. The van der Waals surface area contributed by atoms with E-state index >= 15 is 0 Å². The van der Waals surface area contributed by atoms with Gasteiger partial charge in [-0.2, -0.15) is 0 Å². The molecule has 4 rings (SSSR count). The number of nitrogens with zero attached hydrogens (tertiary/aromatic N) is 3. The summed E-state index contributed by atoms with van der Waals surface area (Å²) in [6, 6.07) is 27.4. The molecule has 3 aromatic carbocycles. The maximum atomic E-state index is 14.5. The summed E-state index contributed by atoms with van der Waals surface area (Å²) in [6.07, 6.45) is 2.50. The highest BCUT2D eigenvalue weighted by molar-refractivity contribution is 5.96. The van der Waals surface area contributed by atoms with Crippen LogP contribution in [0, 0.1) is 5.82 Å². The lowest BCUT2D eigenvalue weighted by atomic mass is 10.1. The Morgan fingerprint density at radius 2 is 1.59 bits per heavy atom. The summed E-state index contributed by atoms with van der Waals surface area (Å²) in [7, 11) is 3.22. The topological polar surface area (TPSA) is 64.0 Å². The number of amides is 2. The Kier molecular flexibility index (Phi) is 10.7. The fourth-order valence-electron chi connectivity index (χ4n) is 4.67. The summed E-state index contributed by atoms with van der Waals surface area (Å²) < 4.78 is 27.1. The van der Waals surface area contributed by atoms with Gasteiger partial charge in [0.05, 0.1) is 19.2 Å². The average molecular weight is 558 g/mol. The lowest BCUT2D eigenvalue weighted by molar-refractivity contribution is -0.133. The Labute approximate surface area is 240 Å². The van der Waals surface area contributed by atoms with Gasteiger partial charge in [-0.05, 0) is 53.9 Å². The van der Waals surface area contributed by atoms with Gasteiger partial charge in [-0.25, -0.2) is 4.39 Å². The van der Waals surface area contributed by atoms with E-state index in [0.29, 0.717) is 32.7 Å². The van der Waals surface area contributed by atoms with Crippen LogP contribution in [0.3, 0.4) is 0 Å². The van der Waals surface area contributed by atoms with Crippen molar-refractivity contribution in [3.63, 3.8) is 0 Å². The molecule has 7 nitrogen and oxygen atoms in total. The van der Waals surface area contributed by atoms with E-state index in [1.807, 2.05) is 72.9 Å². The molecule has 0 spiro atoms. The van der Waals surface area contributed by atoms with Crippen LogP contribution in [0.25, 0.3) is 0 Å². The van der Waals surface area contributed by atoms with Gasteiger partial charge in [0.25, 0.3) is 5.91 Å². The third-order valence-corrected chi connectivity index (χ3v) is 6.83. The molecule has 8 heteroatoms. The van der Waals surface area contributed by atoms with Gasteiger partial charge in [0, 0.05) is 45.2 Å². The first-order chi connectivity index (χ1) is 20.0. The van der Waals surface area contributed by atoms with Crippen molar-refractivity contribution in [2.75, 3.05) is 33.9 Å². The molecule has 41 heavy (non-hydrogen) atoms. The Morgan fingerprint density at radius 3 is 2.34 bits per heavy atom. The molecule has 0 aliphatic heterocycles. The van der Waals surface area contributed by atoms with Crippen molar-refractivity contribution in [3.8, 4) is 5.75 Å². The maximum absolute atomic E-state index is 14.5. The van der Waals surface area contributed by atoms with Gasteiger partial charge < -0.3 is 23.8 Å². The Hall–Kier alpha value is -4.43. The Balaban J connectivity index is 1.57. The number of methoxy groups -OCH3 is 2. The normalized spacial score (nSPS) is 10.8. The van der Waals surface area contributed by atoms with Crippen LogP contribution in [0.5, 0.6) is 5.75 Å². The number of hydrogen-bond donors (Lipinski definition) is 0. The van der Waals surface area contributed by atoms with Crippen molar-refractivity contribution in [1.82, 2.24) is 14.4 Å². The van der Waals surface area contributed by atoms with Gasteiger partial charge in [-0.3, -0.25) is 9.59 Å². The first-order valence-corrected chi connectivity index (χ1v) is 13.6. The van der Waals surface area contributed by atoms with E-state index in [2.05, 4.69) is 4.57 Å². The number of carbonyl (C=O) groups excluding carboxylic acids is 2. The summed E-state index contributed by atoms with van der Waals surface area (Å²) in [6.45, 7) is 1.81. The van der Waals surface area contributed by atoms with E-state index in [9.17, 15) is 14.0 Å². The van der Waals surface area contributed by atoms with E-state index in [0.717, 1.165) is 22.6 Å². The molecule has 1 aromatic heterocycles. The van der Waals surface area contributed by atoms with Gasteiger partial charge >= 0.3 is 0 Å². The zero-order valence-electron chi connectivity index (χ0n) is 23.5. The van der Waals surface area contributed by atoms with E-state index < -0.39 is 11.7 Å². The van der Waals surface area contributed by atoms with Crippen LogP contribution in [-0.2, 0) is 29.2 Å². The second kappa shape index (κ2) is 14.8. The molecule has 0 aliphatic carbocycles. The molecule has 0 saturated carbocycles. The number of benzene rings is 3. The number of carbonyl (C=O) groups is 2. The zero-order valence-corrected chi connectivity index (χ0v) is 23.5. The molecule has 2 amide bonds. The van der Waals surface area contributed by atoms with Crippen LogP contribution >= 0.6 is 0 Å². The minimum Gasteiger partial charge on any atom is -0.497 e. The molecule has 0 aliphatic rings. The number of rotatable bonds is 14. The van der Waals surface area contributed by atoms with Crippen LogP contribution in [0.4, 0.5) is 4.39 Å². The summed E-state index contributed by atoms with van der Waals surface area (Å²) in [5.74, 6) is -0.581. The maximum Gasteiger partial charge on any atom is 0.257 e. The summed E-state index contributed by atoms with van der Waals surface area (Å²) >= 11 is 0. The van der Waals surface area contributed by atoms with Crippen LogP contribution in [-0.4, -0.2) is 60.1 Å². The molecule has 0 fully saturated rings. The average Bonchev–Trinajstić information content (AvgIpc) is 3.43. The molecule has 4 aromatic rings. The molecule has 0 N–H and O–H groups in total. The summed E-state index contributed by atoms with van der Waals surface area (Å²) in [4.78, 5) is 30.4. The van der Waals surface area contributed by atoms with Gasteiger partial charge in [0.1, 0.15) is 18.1 Å². The van der Waals surface area contributed by atoms with E-state index in [1.54, 1.807) is 25.2 Å². The number of hydrogen-bond acceptors (Lipinski definition) is 4. The fraction of sp³-hybridized carbons (Fsp3) is 0.273. The standard InChI is InChI=1S/C33H36FN3O4/c1-40-20-10-19-36(33(39)30-16-6-7-17-31(30)34)25-32(38)37(22-26-11-4-3-5-12-26)24-28-14-9-18-35(28)23-27-13-8-15-29(21-27)41-2/h3-9,11-18,21H,10,19-20,22-25H2,1-2H3. The highest BCUT2D eigenvalue weighted by atomic mass is 19.1. The van der Waals surface area contributed by atoms with E-state index in [1.165, 1.54) is 23.1 Å². The molecular weight excluding hydrogens is 521 g/mol. The largest absolute Gasteiger partial charge is 0.497 e. The van der Waals surface area contributed by atoms with E-state index in [-0.39, 0.29) is 24.6 Å². The van der Waals surface area contributed by atoms with Crippen LogP contribution in [0.15, 0.2) is 97.2 Å². The van der Waals surface area contributed by atoms with Gasteiger partial charge in [0.2, 0.25) is 5.91 Å². The monoisotopic (exact) mass is 557 g/mol. The Morgan fingerprint density at radius 1 is 0.829 bits per heavy atom. The highest BCUT2D eigenvalue weighted by Gasteiger charge is 2.25. The number of aromatic nitrogens is 1. The predicted molar refractivity (Wildman–Crippen MR) is 156 cm³/mol. The van der Waals surface area contributed by atoms with Crippen molar-refractivity contribution in [3.05, 3.63) is 125 Å². The van der Waals surface area contributed by atoms with Crippen molar-refractivity contribution < 1.29 is 23.5 Å². The molecule has 1 heterocycles. The fourth-order valence-corrected chi connectivity index (χ4v) is 4.67. The van der Waals surface area contributed by atoms with Crippen molar-refractivity contribution >= 4 is 11.8 Å². The van der Waals surface area contributed by atoms with Crippen LogP contribution < -0.4 is 4.74 Å². The highest BCUT2D eigenvalue weighted by Crippen LogP contribution is 2.18. The first kappa shape index (κ1) is 29.6. The molecule has 0 unspecified atom stereocenters. The van der Waals surface area contributed by atoms with Crippen molar-refractivity contribution in [2.24, 2.45) is 0 Å². The molecular formula is C33H36FN3O4. The Bertz CT molecular complexity index is 1420. The summed E-state index contributed by atoms with van der Waals surface area (Å²) in [5.41, 5.74) is 2.93. The lowest BCUT2D eigenvalue weighted by Gasteiger charge is -2.28. The quantitative estimate of drug-likeness (QED) is 0.195. The molecule has 0 atom stereocenters. The van der Waals surface area contributed by atoms with Gasteiger partial charge in [0.15, 0.2) is 0 Å². The van der Waals surface area contributed by atoms with Gasteiger partial charge in [-0.15, -0.1) is 0 Å². The SMILES string of the molecule is COCCCN(CC(=O)N(Cc1ccccc1)Cc1cccn1Cc1cccc(OC)c1)C(=O)c1ccccc1F. The van der Waals surface area contributed by atoms with Crippen LogP contribution in [0.2, 0.25) is 0 Å². The molecule has 0 radical (unpaired) electrons. The van der Waals surface area contributed by atoms with E-state index in [4.69, 9.17) is 9.47 Å².